The van der Waals surface area contributed by atoms with E-state index in [1.165, 1.54) is 22.4 Å². The highest BCUT2D eigenvalue weighted by Crippen LogP contribution is 2.20. The average molecular weight is 381 g/mol. The molecular weight excluding hydrogens is 348 g/mol. The van der Waals surface area contributed by atoms with Crippen molar-refractivity contribution in [3.8, 4) is 0 Å². The normalized spacial score (nSPS) is 17.0. The summed E-state index contributed by atoms with van der Waals surface area (Å²) in [7, 11) is 1.83. The molecule has 0 bridgehead atoms. The first kappa shape index (κ1) is 20.2. The number of aliphatic imine (C=N–C) groups is 1. The van der Waals surface area contributed by atoms with Gasteiger partial charge in [-0.2, -0.15) is 0 Å². The average Bonchev–Trinajstić information content (AvgIpc) is 3.19. The standard InChI is InChI=1S/C23H32N4O/c1-4-28-17-20-8-6-5-7-19(20)15-25-23(24-3)26-21-13-14-27(16-21)22-11-9-18(2)10-12-22/h5-12,21H,4,13-17H2,1-3H3,(H2,24,25,26). The van der Waals surface area contributed by atoms with E-state index in [1.807, 2.05) is 14.0 Å². The molecule has 5 heteroatoms. The Kier molecular flexibility index (Phi) is 7.31. The number of nitrogens with one attached hydrogen (secondary N) is 2. The summed E-state index contributed by atoms with van der Waals surface area (Å²) in [5.74, 6) is 0.849. The molecule has 1 atom stereocenters. The van der Waals surface area contributed by atoms with Gasteiger partial charge in [-0.25, -0.2) is 0 Å². The van der Waals surface area contributed by atoms with E-state index in [9.17, 15) is 0 Å². The lowest BCUT2D eigenvalue weighted by Crippen LogP contribution is -2.44. The molecule has 1 fully saturated rings. The molecule has 3 rings (SSSR count). The summed E-state index contributed by atoms with van der Waals surface area (Å²) in [5, 5.41) is 7.03. The summed E-state index contributed by atoms with van der Waals surface area (Å²) in [4.78, 5) is 6.84. The van der Waals surface area contributed by atoms with E-state index in [0.717, 1.165) is 38.6 Å². The number of anilines is 1. The predicted octanol–water partition coefficient (Wildman–Crippen LogP) is 3.48. The summed E-state index contributed by atoms with van der Waals surface area (Å²) in [6.07, 6.45) is 1.11. The van der Waals surface area contributed by atoms with Crippen molar-refractivity contribution in [3.63, 3.8) is 0 Å². The van der Waals surface area contributed by atoms with Crippen LogP contribution in [-0.4, -0.2) is 38.7 Å². The zero-order valence-electron chi connectivity index (χ0n) is 17.2. The lowest BCUT2D eigenvalue weighted by Gasteiger charge is -2.21. The lowest BCUT2D eigenvalue weighted by atomic mass is 10.1. The number of hydrogen-bond donors (Lipinski definition) is 2. The van der Waals surface area contributed by atoms with Crippen LogP contribution in [0.5, 0.6) is 0 Å². The monoisotopic (exact) mass is 380 g/mol. The van der Waals surface area contributed by atoms with Crippen LogP contribution in [0.15, 0.2) is 53.5 Å². The van der Waals surface area contributed by atoms with E-state index in [1.54, 1.807) is 0 Å². The van der Waals surface area contributed by atoms with Crippen molar-refractivity contribution >= 4 is 11.6 Å². The van der Waals surface area contributed by atoms with Crippen LogP contribution in [0, 0.1) is 6.92 Å². The summed E-state index contributed by atoms with van der Waals surface area (Å²) in [5.41, 5.74) is 5.06. The Morgan fingerprint density at radius 2 is 1.89 bits per heavy atom. The van der Waals surface area contributed by atoms with E-state index < -0.39 is 0 Å². The molecule has 0 aliphatic carbocycles. The van der Waals surface area contributed by atoms with Crippen LogP contribution >= 0.6 is 0 Å². The summed E-state index contributed by atoms with van der Waals surface area (Å²) in [6.45, 7) is 8.31. The van der Waals surface area contributed by atoms with Crippen molar-refractivity contribution in [1.82, 2.24) is 10.6 Å². The first-order chi connectivity index (χ1) is 13.7. The van der Waals surface area contributed by atoms with Gasteiger partial charge in [0.1, 0.15) is 0 Å². The molecule has 1 aliphatic rings. The number of guanidine groups is 1. The number of hydrogen-bond acceptors (Lipinski definition) is 3. The van der Waals surface area contributed by atoms with Gasteiger partial charge in [0.2, 0.25) is 0 Å². The number of benzene rings is 2. The smallest absolute Gasteiger partial charge is 0.191 e. The maximum Gasteiger partial charge on any atom is 0.191 e. The van der Waals surface area contributed by atoms with Gasteiger partial charge in [0, 0.05) is 45.0 Å². The van der Waals surface area contributed by atoms with Gasteiger partial charge in [-0.15, -0.1) is 0 Å². The number of aryl methyl sites for hydroxylation is 1. The molecule has 28 heavy (non-hydrogen) atoms. The van der Waals surface area contributed by atoms with Crippen molar-refractivity contribution in [3.05, 3.63) is 65.2 Å². The topological polar surface area (TPSA) is 48.9 Å². The van der Waals surface area contributed by atoms with Crippen LogP contribution in [0.3, 0.4) is 0 Å². The summed E-state index contributed by atoms with van der Waals surface area (Å²) >= 11 is 0. The van der Waals surface area contributed by atoms with Crippen molar-refractivity contribution < 1.29 is 4.74 Å². The first-order valence-electron chi connectivity index (χ1n) is 10.1. The fraction of sp³-hybridized carbons (Fsp3) is 0.435. The number of ether oxygens (including phenoxy) is 1. The van der Waals surface area contributed by atoms with E-state index in [2.05, 4.69) is 76.0 Å². The Morgan fingerprint density at radius 1 is 1.14 bits per heavy atom. The Bertz CT molecular complexity index is 772. The van der Waals surface area contributed by atoms with E-state index >= 15 is 0 Å². The minimum Gasteiger partial charge on any atom is -0.377 e. The van der Waals surface area contributed by atoms with Gasteiger partial charge in [0.05, 0.1) is 6.61 Å². The van der Waals surface area contributed by atoms with E-state index in [4.69, 9.17) is 4.74 Å². The minimum atomic E-state index is 0.395. The van der Waals surface area contributed by atoms with Crippen molar-refractivity contribution in [2.75, 3.05) is 31.6 Å². The highest BCUT2D eigenvalue weighted by molar-refractivity contribution is 5.80. The summed E-state index contributed by atoms with van der Waals surface area (Å²) < 4.78 is 5.58. The second-order valence-electron chi connectivity index (χ2n) is 7.24. The fourth-order valence-corrected chi connectivity index (χ4v) is 3.52. The van der Waals surface area contributed by atoms with Gasteiger partial charge in [-0.05, 0) is 43.5 Å². The van der Waals surface area contributed by atoms with Gasteiger partial charge in [0.25, 0.3) is 0 Å². The van der Waals surface area contributed by atoms with Crippen LogP contribution in [-0.2, 0) is 17.9 Å². The molecule has 0 aromatic heterocycles. The van der Waals surface area contributed by atoms with Crippen LogP contribution in [0.25, 0.3) is 0 Å². The minimum absolute atomic E-state index is 0.395. The molecule has 2 aromatic rings. The molecule has 2 aromatic carbocycles. The molecule has 0 spiro atoms. The lowest BCUT2D eigenvalue weighted by molar-refractivity contribution is 0.133. The van der Waals surface area contributed by atoms with Gasteiger partial charge < -0.3 is 20.3 Å². The molecule has 150 valence electrons. The Morgan fingerprint density at radius 3 is 2.61 bits per heavy atom. The Labute approximate surface area is 168 Å². The largest absolute Gasteiger partial charge is 0.377 e. The molecule has 1 heterocycles. The van der Waals surface area contributed by atoms with E-state index in [0.29, 0.717) is 12.6 Å². The molecule has 5 nitrogen and oxygen atoms in total. The quantitative estimate of drug-likeness (QED) is 0.570. The Balaban J connectivity index is 1.52. The summed E-state index contributed by atoms with van der Waals surface area (Å²) in [6, 6.07) is 17.6. The van der Waals surface area contributed by atoms with Crippen LogP contribution in [0.4, 0.5) is 5.69 Å². The first-order valence-corrected chi connectivity index (χ1v) is 10.1. The van der Waals surface area contributed by atoms with Crippen molar-refractivity contribution in [2.24, 2.45) is 4.99 Å². The number of nitrogens with zero attached hydrogens (tertiary/aromatic N) is 2. The van der Waals surface area contributed by atoms with Crippen molar-refractivity contribution in [2.45, 2.75) is 39.5 Å². The zero-order chi connectivity index (χ0) is 19.8. The van der Waals surface area contributed by atoms with Gasteiger partial charge >= 0.3 is 0 Å². The zero-order valence-corrected chi connectivity index (χ0v) is 17.2. The molecule has 0 radical (unpaired) electrons. The predicted molar refractivity (Wildman–Crippen MR) is 117 cm³/mol. The second kappa shape index (κ2) is 10.1. The third kappa shape index (κ3) is 5.49. The van der Waals surface area contributed by atoms with Gasteiger partial charge in [0.15, 0.2) is 5.96 Å². The van der Waals surface area contributed by atoms with Crippen LogP contribution < -0.4 is 15.5 Å². The SMILES string of the molecule is CCOCc1ccccc1CNC(=NC)NC1CCN(c2ccc(C)cc2)C1. The maximum atomic E-state index is 5.58. The molecule has 1 saturated heterocycles. The molecular formula is C23H32N4O. The second-order valence-corrected chi connectivity index (χ2v) is 7.24. The van der Waals surface area contributed by atoms with Gasteiger partial charge in [-0.3, -0.25) is 4.99 Å². The van der Waals surface area contributed by atoms with Gasteiger partial charge in [-0.1, -0.05) is 42.0 Å². The Hall–Kier alpha value is -2.53. The van der Waals surface area contributed by atoms with Crippen LogP contribution in [0.2, 0.25) is 0 Å². The highest BCUT2D eigenvalue weighted by Gasteiger charge is 2.23. The number of rotatable bonds is 7. The van der Waals surface area contributed by atoms with Crippen LogP contribution in [0.1, 0.15) is 30.0 Å². The van der Waals surface area contributed by atoms with Crippen molar-refractivity contribution in [1.29, 1.82) is 0 Å². The molecule has 2 N–H and O–H groups in total. The highest BCUT2D eigenvalue weighted by atomic mass is 16.5. The molecule has 0 saturated carbocycles. The third-order valence-corrected chi connectivity index (χ3v) is 5.18. The third-order valence-electron chi connectivity index (χ3n) is 5.18. The fourth-order valence-electron chi connectivity index (χ4n) is 3.52. The maximum absolute atomic E-state index is 5.58. The van der Waals surface area contributed by atoms with E-state index in [-0.39, 0.29) is 0 Å². The molecule has 1 unspecified atom stereocenters. The molecule has 1 aliphatic heterocycles. The molecule has 0 amide bonds.